The average molecular weight is 279 g/mol. The molecule has 102 valence electrons. The molecule has 0 bridgehead atoms. The van der Waals surface area contributed by atoms with Gasteiger partial charge < -0.3 is 10.4 Å². The van der Waals surface area contributed by atoms with Crippen molar-refractivity contribution in [3.05, 3.63) is 16.8 Å². The zero-order valence-corrected chi connectivity index (χ0v) is 12.0. The molecule has 5 nitrogen and oxygen atoms in total. The van der Waals surface area contributed by atoms with E-state index in [1.807, 2.05) is 0 Å². The van der Waals surface area contributed by atoms with Gasteiger partial charge in [0.25, 0.3) is 0 Å². The highest BCUT2D eigenvalue weighted by Gasteiger charge is 2.19. The van der Waals surface area contributed by atoms with Gasteiger partial charge in [-0.3, -0.25) is 0 Å². The van der Waals surface area contributed by atoms with Gasteiger partial charge in [-0.15, -0.1) is 11.3 Å². The summed E-state index contributed by atoms with van der Waals surface area (Å²) in [5, 5.41) is 13.3. The fraction of sp³-hybridized carbons (Fsp3) is 0.462. The van der Waals surface area contributed by atoms with Crippen molar-refractivity contribution >= 4 is 33.3 Å². The SMILES string of the molecule is CCCC(C)Nc1ncnc2sc(C(=O)O)c(C)c12. The van der Waals surface area contributed by atoms with Crippen LogP contribution in [0.3, 0.4) is 0 Å². The number of nitrogens with one attached hydrogen (secondary N) is 1. The predicted octanol–water partition coefficient (Wildman–Crippen LogP) is 3.30. The highest BCUT2D eigenvalue weighted by atomic mass is 32.1. The molecule has 0 aliphatic heterocycles. The lowest BCUT2D eigenvalue weighted by molar-refractivity contribution is 0.0701. The number of rotatable bonds is 5. The summed E-state index contributed by atoms with van der Waals surface area (Å²) < 4.78 is 0. The molecule has 0 aromatic carbocycles. The zero-order valence-electron chi connectivity index (χ0n) is 11.2. The summed E-state index contributed by atoms with van der Waals surface area (Å²) in [7, 11) is 0. The second kappa shape index (κ2) is 5.52. The molecular formula is C13H17N3O2S. The molecule has 0 radical (unpaired) electrons. The first kappa shape index (κ1) is 13.7. The van der Waals surface area contributed by atoms with E-state index in [0.717, 1.165) is 34.4 Å². The van der Waals surface area contributed by atoms with Crippen molar-refractivity contribution in [2.45, 2.75) is 39.7 Å². The van der Waals surface area contributed by atoms with E-state index in [9.17, 15) is 4.79 Å². The Labute approximate surface area is 115 Å². The lowest BCUT2D eigenvalue weighted by Gasteiger charge is -2.14. The molecule has 0 amide bonds. The van der Waals surface area contributed by atoms with Crippen molar-refractivity contribution < 1.29 is 9.90 Å². The number of aryl methyl sites for hydroxylation is 1. The van der Waals surface area contributed by atoms with Crippen LogP contribution in [-0.2, 0) is 0 Å². The summed E-state index contributed by atoms with van der Waals surface area (Å²) >= 11 is 1.20. The topological polar surface area (TPSA) is 75.1 Å². The molecule has 2 heterocycles. The lowest BCUT2D eigenvalue weighted by atomic mass is 10.1. The van der Waals surface area contributed by atoms with Crippen molar-refractivity contribution in [3.63, 3.8) is 0 Å². The van der Waals surface area contributed by atoms with Gasteiger partial charge in [0.1, 0.15) is 21.9 Å². The number of hydrogen-bond donors (Lipinski definition) is 2. The first-order valence-corrected chi connectivity index (χ1v) is 7.10. The average Bonchev–Trinajstić information content (AvgIpc) is 2.68. The molecule has 0 saturated heterocycles. The molecule has 0 saturated carbocycles. The monoisotopic (exact) mass is 279 g/mol. The van der Waals surface area contributed by atoms with Crippen LogP contribution in [0.5, 0.6) is 0 Å². The van der Waals surface area contributed by atoms with E-state index in [1.54, 1.807) is 6.92 Å². The zero-order chi connectivity index (χ0) is 14.0. The molecular weight excluding hydrogens is 262 g/mol. The predicted molar refractivity (Wildman–Crippen MR) is 77.1 cm³/mol. The molecule has 6 heteroatoms. The van der Waals surface area contributed by atoms with Crippen LogP contribution in [0.15, 0.2) is 6.33 Å². The highest BCUT2D eigenvalue weighted by molar-refractivity contribution is 7.20. The van der Waals surface area contributed by atoms with E-state index in [2.05, 4.69) is 29.1 Å². The van der Waals surface area contributed by atoms with Gasteiger partial charge in [-0.2, -0.15) is 0 Å². The van der Waals surface area contributed by atoms with Crippen molar-refractivity contribution in [3.8, 4) is 0 Å². The Kier molecular flexibility index (Phi) is 3.99. The Morgan fingerprint density at radius 2 is 2.26 bits per heavy atom. The van der Waals surface area contributed by atoms with E-state index in [-0.39, 0.29) is 0 Å². The van der Waals surface area contributed by atoms with Gasteiger partial charge in [-0.1, -0.05) is 13.3 Å². The van der Waals surface area contributed by atoms with E-state index in [1.165, 1.54) is 17.7 Å². The second-order valence-corrected chi connectivity index (χ2v) is 5.60. The number of thiophene rings is 1. The van der Waals surface area contributed by atoms with Crippen molar-refractivity contribution in [1.82, 2.24) is 9.97 Å². The van der Waals surface area contributed by atoms with Crippen LogP contribution in [0.25, 0.3) is 10.2 Å². The van der Waals surface area contributed by atoms with Gasteiger partial charge in [-0.05, 0) is 25.8 Å². The van der Waals surface area contributed by atoms with Gasteiger partial charge in [0, 0.05) is 6.04 Å². The minimum atomic E-state index is -0.909. The molecule has 1 unspecified atom stereocenters. The first-order chi connectivity index (χ1) is 9.04. The van der Waals surface area contributed by atoms with Gasteiger partial charge >= 0.3 is 5.97 Å². The van der Waals surface area contributed by atoms with Crippen LogP contribution >= 0.6 is 11.3 Å². The molecule has 2 N–H and O–H groups in total. The summed E-state index contributed by atoms with van der Waals surface area (Å²) in [6.07, 6.45) is 3.61. The van der Waals surface area contributed by atoms with Gasteiger partial charge in [-0.25, -0.2) is 14.8 Å². The van der Waals surface area contributed by atoms with Crippen molar-refractivity contribution in [2.75, 3.05) is 5.32 Å². The van der Waals surface area contributed by atoms with Crippen LogP contribution in [0.4, 0.5) is 5.82 Å². The largest absolute Gasteiger partial charge is 0.477 e. The molecule has 0 spiro atoms. The Morgan fingerprint density at radius 3 is 2.89 bits per heavy atom. The number of aromatic carboxylic acids is 1. The van der Waals surface area contributed by atoms with Crippen molar-refractivity contribution in [1.29, 1.82) is 0 Å². The minimum absolute atomic E-state index is 0.302. The van der Waals surface area contributed by atoms with Crippen LogP contribution < -0.4 is 5.32 Å². The molecule has 0 fully saturated rings. The lowest BCUT2D eigenvalue weighted by Crippen LogP contribution is -2.15. The van der Waals surface area contributed by atoms with Crippen LogP contribution in [-0.4, -0.2) is 27.1 Å². The number of aromatic nitrogens is 2. The Hall–Kier alpha value is -1.69. The maximum Gasteiger partial charge on any atom is 0.346 e. The molecule has 2 aromatic heterocycles. The minimum Gasteiger partial charge on any atom is -0.477 e. The fourth-order valence-electron chi connectivity index (χ4n) is 2.12. The summed E-state index contributed by atoms with van der Waals surface area (Å²) in [5.74, 6) is -0.180. The smallest absolute Gasteiger partial charge is 0.346 e. The second-order valence-electron chi connectivity index (χ2n) is 4.60. The number of nitrogens with zero attached hydrogens (tertiary/aromatic N) is 2. The number of fused-ring (bicyclic) bond motifs is 1. The summed E-state index contributed by atoms with van der Waals surface area (Å²) in [4.78, 5) is 20.6. The van der Waals surface area contributed by atoms with Crippen LogP contribution in [0.2, 0.25) is 0 Å². The third-order valence-corrected chi connectivity index (χ3v) is 4.21. The van der Waals surface area contributed by atoms with E-state index < -0.39 is 5.97 Å². The molecule has 0 aliphatic carbocycles. The Balaban J connectivity index is 2.47. The van der Waals surface area contributed by atoms with Crippen LogP contribution in [0, 0.1) is 6.92 Å². The Morgan fingerprint density at radius 1 is 1.53 bits per heavy atom. The summed E-state index contributed by atoms with van der Waals surface area (Å²) in [6, 6.07) is 0.302. The fourth-order valence-corrected chi connectivity index (χ4v) is 3.11. The normalized spacial score (nSPS) is 12.6. The summed E-state index contributed by atoms with van der Waals surface area (Å²) in [6.45, 7) is 6.03. The van der Waals surface area contributed by atoms with E-state index in [0.29, 0.717) is 10.9 Å². The van der Waals surface area contributed by atoms with Crippen LogP contribution in [0.1, 0.15) is 41.9 Å². The van der Waals surface area contributed by atoms with Crippen molar-refractivity contribution in [2.24, 2.45) is 0 Å². The quantitative estimate of drug-likeness (QED) is 0.878. The maximum absolute atomic E-state index is 11.2. The maximum atomic E-state index is 11.2. The number of hydrogen-bond acceptors (Lipinski definition) is 5. The van der Waals surface area contributed by atoms with E-state index in [4.69, 9.17) is 5.11 Å². The third-order valence-electron chi connectivity index (χ3n) is 3.03. The van der Waals surface area contributed by atoms with Gasteiger partial charge in [0.15, 0.2) is 0 Å². The highest BCUT2D eigenvalue weighted by Crippen LogP contribution is 2.33. The number of carboxylic acid groups (broad SMARTS) is 1. The molecule has 2 aromatic rings. The van der Waals surface area contributed by atoms with E-state index >= 15 is 0 Å². The number of carbonyl (C=O) groups is 1. The van der Waals surface area contributed by atoms with Gasteiger partial charge in [0.05, 0.1) is 5.39 Å². The van der Waals surface area contributed by atoms with Gasteiger partial charge in [0.2, 0.25) is 0 Å². The Bertz CT molecular complexity index is 609. The molecule has 19 heavy (non-hydrogen) atoms. The standard InChI is InChI=1S/C13H17N3O2S/c1-4-5-7(2)16-11-9-8(3)10(13(17)18)19-12(9)15-6-14-11/h6-7H,4-5H2,1-3H3,(H,17,18)(H,14,15,16). The molecule has 0 aliphatic rings. The molecule has 1 atom stereocenters. The first-order valence-electron chi connectivity index (χ1n) is 6.28. The molecule has 2 rings (SSSR count). The summed E-state index contributed by atoms with van der Waals surface area (Å²) in [5.41, 5.74) is 0.735. The number of carboxylic acids is 1. The number of anilines is 1. The third kappa shape index (κ3) is 2.68.